The fraction of sp³-hybridized carbons (Fsp3) is 1.00. The van der Waals surface area contributed by atoms with Gasteiger partial charge in [0.25, 0.3) is 0 Å². The van der Waals surface area contributed by atoms with Crippen molar-refractivity contribution >= 4 is 37.2 Å². The lowest BCUT2D eigenvalue weighted by molar-refractivity contribution is 0.152. The van der Waals surface area contributed by atoms with Gasteiger partial charge in [0, 0.05) is 43.3 Å². The van der Waals surface area contributed by atoms with E-state index in [1.54, 1.807) is 0 Å². The summed E-state index contributed by atoms with van der Waals surface area (Å²) in [5, 5.41) is 8.95. The average molecular weight is 520 g/mol. The van der Waals surface area contributed by atoms with Gasteiger partial charge in [-0.15, -0.1) is 0 Å². The van der Waals surface area contributed by atoms with Crippen LogP contribution in [0.25, 0.3) is 0 Å². The summed E-state index contributed by atoms with van der Waals surface area (Å²) in [6, 6.07) is 0.284. The van der Waals surface area contributed by atoms with Crippen molar-refractivity contribution in [2.24, 2.45) is 0 Å². The first-order valence-corrected chi connectivity index (χ1v) is 12.1. The van der Waals surface area contributed by atoms with E-state index in [4.69, 9.17) is 5.11 Å². The average Bonchev–Trinajstić information content (AvgIpc) is 2.35. The molecule has 0 radical (unpaired) electrons. The summed E-state index contributed by atoms with van der Waals surface area (Å²) in [5.41, 5.74) is 0. The molecule has 1 atom stereocenters. The second-order valence-corrected chi connectivity index (χ2v) is 3.89. The Morgan fingerprint density at radius 2 is 1.35 bits per heavy atom. The third-order valence-corrected chi connectivity index (χ3v) is 2.90. The summed E-state index contributed by atoms with van der Waals surface area (Å²) in [6.07, 6.45) is 1.18. The highest BCUT2D eigenvalue weighted by molar-refractivity contribution is 15.0. The van der Waals surface area contributed by atoms with Gasteiger partial charge in [0.2, 0.25) is 0 Å². The number of rotatable bonds is 8. The van der Waals surface area contributed by atoms with Crippen LogP contribution in [0.15, 0.2) is 0 Å². The number of aliphatic hydroxyl groups is 1. The SMILES string of the molecule is C.C.C.C.CCN(CC)CCCN(C)C(C)CO.II. The highest BCUT2D eigenvalue weighted by atomic mass is 128. The summed E-state index contributed by atoms with van der Waals surface area (Å²) in [7, 11) is 2.07. The number of aliphatic hydroxyl groups excluding tert-OH is 1. The van der Waals surface area contributed by atoms with E-state index in [2.05, 4.69) is 74.9 Å². The Morgan fingerprint density at radius 3 is 1.65 bits per heavy atom. The van der Waals surface area contributed by atoms with Gasteiger partial charge in [-0.1, -0.05) is 43.6 Å². The lowest BCUT2D eigenvalue weighted by Gasteiger charge is -2.24. The van der Waals surface area contributed by atoms with E-state index in [1.807, 2.05) is 0 Å². The minimum atomic E-state index is 0. The molecule has 0 fully saturated rings. The van der Waals surface area contributed by atoms with E-state index >= 15 is 0 Å². The summed E-state index contributed by atoms with van der Waals surface area (Å²) >= 11 is 4.24. The van der Waals surface area contributed by atoms with Gasteiger partial charge < -0.3 is 14.9 Å². The van der Waals surface area contributed by atoms with E-state index < -0.39 is 0 Å². The molecule has 0 aromatic rings. The number of hydrogen-bond acceptors (Lipinski definition) is 3. The maximum atomic E-state index is 8.95. The molecular formula is C15H42I2N2O. The van der Waals surface area contributed by atoms with Crippen molar-refractivity contribution in [1.29, 1.82) is 0 Å². The van der Waals surface area contributed by atoms with Crippen LogP contribution < -0.4 is 0 Å². The molecule has 0 aliphatic heterocycles. The van der Waals surface area contributed by atoms with Crippen molar-refractivity contribution in [1.82, 2.24) is 9.80 Å². The molecule has 1 unspecified atom stereocenters. The number of halogens is 2. The fourth-order valence-electron chi connectivity index (χ4n) is 1.44. The summed E-state index contributed by atoms with van der Waals surface area (Å²) in [6.45, 7) is 11.2. The normalized spacial score (nSPS) is 10.1. The van der Waals surface area contributed by atoms with Crippen LogP contribution >= 0.6 is 37.2 Å². The second kappa shape index (κ2) is 28.5. The van der Waals surface area contributed by atoms with Crippen LogP contribution in [0.2, 0.25) is 0 Å². The molecule has 3 nitrogen and oxygen atoms in total. The molecule has 0 bridgehead atoms. The maximum absolute atomic E-state index is 8.95. The zero-order valence-corrected chi connectivity index (χ0v) is 15.2. The van der Waals surface area contributed by atoms with Gasteiger partial charge in [0.1, 0.15) is 0 Å². The third kappa shape index (κ3) is 21.6. The molecule has 1 N–H and O–H groups in total. The van der Waals surface area contributed by atoms with Crippen LogP contribution in [0.3, 0.4) is 0 Å². The minimum Gasteiger partial charge on any atom is -0.395 e. The first kappa shape index (κ1) is 37.5. The smallest absolute Gasteiger partial charge is 0.0584 e. The first-order valence-electron chi connectivity index (χ1n) is 5.83. The highest BCUT2D eigenvalue weighted by Crippen LogP contribution is 1.97. The molecule has 20 heavy (non-hydrogen) atoms. The van der Waals surface area contributed by atoms with Crippen molar-refractivity contribution in [3.8, 4) is 0 Å². The molecule has 0 aromatic heterocycles. The highest BCUT2D eigenvalue weighted by Gasteiger charge is 2.07. The molecular weight excluding hydrogens is 478 g/mol. The molecule has 132 valence electrons. The first-order chi connectivity index (χ1) is 7.65. The van der Waals surface area contributed by atoms with Crippen LogP contribution in [0.1, 0.15) is 56.9 Å². The lowest BCUT2D eigenvalue weighted by atomic mass is 10.3. The Kier molecular flexibility index (Phi) is 53.5. The van der Waals surface area contributed by atoms with Crippen LogP contribution in [0.4, 0.5) is 0 Å². The third-order valence-electron chi connectivity index (χ3n) is 2.90. The van der Waals surface area contributed by atoms with Crippen molar-refractivity contribution in [2.75, 3.05) is 39.8 Å². The van der Waals surface area contributed by atoms with Crippen LogP contribution in [-0.4, -0.2) is 60.8 Å². The molecule has 0 saturated carbocycles. The van der Waals surface area contributed by atoms with E-state index in [1.165, 1.54) is 6.42 Å². The standard InChI is InChI=1S/C11H26N2O.4CH4.I2/c1-5-13(6-2)9-7-8-12(4)11(3)10-14;;;;;1-2/h11,14H,5-10H2,1-4H3;4*1H4;. The predicted octanol–water partition coefficient (Wildman–Crippen LogP) is 5.35. The van der Waals surface area contributed by atoms with Gasteiger partial charge in [0.15, 0.2) is 0 Å². The van der Waals surface area contributed by atoms with Crippen LogP contribution in [-0.2, 0) is 0 Å². The van der Waals surface area contributed by atoms with Gasteiger partial charge >= 0.3 is 0 Å². The number of hydrogen-bond donors (Lipinski definition) is 1. The Balaban J connectivity index is -0.0000000778. The van der Waals surface area contributed by atoms with E-state index in [0.29, 0.717) is 0 Å². The second-order valence-electron chi connectivity index (χ2n) is 3.89. The van der Waals surface area contributed by atoms with Gasteiger partial charge in [-0.05, 0) is 46.6 Å². The topological polar surface area (TPSA) is 26.7 Å². The fourth-order valence-corrected chi connectivity index (χ4v) is 1.44. The molecule has 0 aliphatic rings. The lowest BCUT2D eigenvalue weighted by Crippen LogP contribution is -2.34. The molecule has 0 amide bonds. The summed E-state index contributed by atoms with van der Waals surface area (Å²) in [4.78, 5) is 4.64. The zero-order chi connectivity index (χ0) is 13.0. The Labute approximate surface area is 154 Å². The molecule has 0 heterocycles. The minimum absolute atomic E-state index is 0. The number of nitrogens with zero attached hydrogens (tertiary/aromatic N) is 2. The van der Waals surface area contributed by atoms with Gasteiger partial charge in [0.05, 0.1) is 6.61 Å². The zero-order valence-electron chi connectivity index (χ0n) is 10.9. The van der Waals surface area contributed by atoms with Gasteiger partial charge in [-0.2, -0.15) is 0 Å². The van der Waals surface area contributed by atoms with Crippen molar-refractivity contribution in [2.45, 2.75) is 62.9 Å². The largest absolute Gasteiger partial charge is 0.395 e. The predicted molar refractivity (Wildman–Crippen MR) is 117 cm³/mol. The van der Waals surface area contributed by atoms with E-state index in [-0.39, 0.29) is 42.4 Å². The van der Waals surface area contributed by atoms with Crippen molar-refractivity contribution in [3.05, 3.63) is 0 Å². The van der Waals surface area contributed by atoms with Crippen molar-refractivity contribution < 1.29 is 5.11 Å². The molecule has 0 saturated heterocycles. The van der Waals surface area contributed by atoms with E-state index in [9.17, 15) is 0 Å². The van der Waals surface area contributed by atoms with Gasteiger partial charge in [-0.25, -0.2) is 0 Å². The van der Waals surface area contributed by atoms with Crippen LogP contribution in [0.5, 0.6) is 0 Å². The summed E-state index contributed by atoms with van der Waals surface area (Å²) in [5.74, 6) is 0. The maximum Gasteiger partial charge on any atom is 0.0584 e. The van der Waals surface area contributed by atoms with Gasteiger partial charge in [-0.3, -0.25) is 0 Å². The Morgan fingerprint density at radius 1 is 0.950 bits per heavy atom. The Bertz CT molecular complexity index is 137. The summed E-state index contributed by atoms with van der Waals surface area (Å²) < 4.78 is 0. The molecule has 0 aliphatic carbocycles. The number of likely N-dealkylation sites (N-methyl/N-ethyl adjacent to an activating group) is 1. The van der Waals surface area contributed by atoms with E-state index in [0.717, 1.165) is 26.2 Å². The molecule has 0 aromatic carbocycles. The quantitative estimate of drug-likeness (QED) is 0.438. The van der Waals surface area contributed by atoms with Crippen LogP contribution in [0, 0.1) is 0 Å². The monoisotopic (exact) mass is 520 g/mol. The Hall–Kier alpha value is 1.34. The molecule has 0 rings (SSSR count). The molecule has 5 heteroatoms. The van der Waals surface area contributed by atoms with Crippen molar-refractivity contribution in [3.63, 3.8) is 0 Å². The molecule has 0 spiro atoms.